The highest BCUT2D eigenvalue weighted by molar-refractivity contribution is 5.93. The summed E-state index contributed by atoms with van der Waals surface area (Å²) < 4.78 is 1.51. The van der Waals surface area contributed by atoms with E-state index in [0.717, 1.165) is 19.4 Å². The van der Waals surface area contributed by atoms with Gasteiger partial charge in [0.05, 0.1) is 0 Å². The molecule has 0 spiro atoms. The number of carbonyl (C=O) groups is 1. The van der Waals surface area contributed by atoms with Crippen molar-refractivity contribution in [1.82, 2.24) is 14.7 Å². The number of amides is 1. The highest BCUT2D eigenvalue weighted by atomic mass is 16.2. The summed E-state index contributed by atoms with van der Waals surface area (Å²) in [6.07, 6.45) is 2.08. The molecule has 5 nitrogen and oxygen atoms in total. The van der Waals surface area contributed by atoms with Crippen LogP contribution >= 0.6 is 0 Å². The van der Waals surface area contributed by atoms with Crippen LogP contribution in [0.15, 0.2) is 6.07 Å². The molecule has 0 atom stereocenters. The lowest BCUT2D eigenvalue weighted by molar-refractivity contribution is 0.0782. The summed E-state index contributed by atoms with van der Waals surface area (Å²) in [6.45, 7) is 2.86. The molecule has 1 amide bonds. The third-order valence-electron chi connectivity index (χ3n) is 2.31. The van der Waals surface area contributed by atoms with Crippen molar-refractivity contribution < 1.29 is 4.79 Å². The van der Waals surface area contributed by atoms with Crippen LogP contribution in [0.2, 0.25) is 0 Å². The van der Waals surface area contributed by atoms with Crippen LogP contribution in [0.5, 0.6) is 0 Å². The van der Waals surface area contributed by atoms with Crippen LogP contribution in [-0.4, -0.2) is 34.2 Å². The first-order chi connectivity index (χ1) is 7.06. The van der Waals surface area contributed by atoms with Gasteiger partial charge < -0.3 is 10.6 Å². The van der Waals surface area contributed by atoms with Crippen molar-refractivity contribution in [2.45, 2.75) is 19.8 Å². The maximum atomic E-state index is 11.9. The highest BCUT2D eigenvalue weighted by Gasteiger charge is 2.15. The van der Waals surface area contributed by atoms with Crippen molar-refractivity contribution in [2.75, 3.05) is 19.3 Å². The summed E-state index contributed by atoms with van der Waals surface area (Å²) in [5.74, 6) is 0.347. The Morgan fingerprint density at radius 1 is 1.67 bits per heavy atom. The summed E-state index contributed by atoms with van der Waals surface area (Å²) in [7, 11) is 3.51. The van der Waals surface area contributed by atoms with E-state index in [-0.39, 0.29) is 5.91 Å². The Bertz CT molecular complexity index is 345. The van der Waals surface area contributed by atoms with Crippen molar-refractivity contribution in [2.24, 2.45) is 7.05 Å². The second kappa shape index (κ2) is 4.82. The standard InChI is InChI=1S/C10H18N4O/c1-4-5-6-13(2)10(15)8-7-9(11)12-14(8)3/h7H,4-6H2,1-3H3,(H2,11,12). The first-order valence-corrected chi connectivity index (χ1v) is 5.11. The smallest absolute Gasteiger partial charge is 0.271 e. The molecule has 0 radical (unpaired) electrons. The fourth-order valence-electron chi connectivity index (χ4n) is 1.38. The van der Waals surface area contributed by atoms with Gasteiger partial charge in [-0.1, -0.05) is 13.3 Å². The van der Waals surface area contributed by atoms with Gasteiger partial charge >= 0.3 is 0 Å². The Kier molecular flexibility index (Phi) is 3.71. The number of unbranched alkanes of at least 4 members (excludes halogenated alkanes) is 1. The maximum absolute atomic E-state index is 11.9. The minimum Gasteiger partial charge on any atom is -0.382 e. The number of nitrogens with two attached hydrogens (primary N) is 1. The fraction of sp³-hybridized carbons (Fsp3) is 0.600. The average Bonchev–Trinajstić information content (AvgIpc) is 2.53. The molecule has 0 aromatic carbocycles. The predicted molar refractivity (Wildman–Crippen MR) is 59.5 cm³/mol. The molecule has 1 aromatic heterocycles. The number of carbonyl (C=O) groups excluding carboxylic acids is 1. The van der Waals surface area contributed by atoms with Crippen molar-refractivity contribution in [3.05, 3.63) is 11.8 Å². The fourth-order valence-corrected chi connectivity index (χ4v) is 1.38. The SMILES string of the molecule is CCCCN(C)C(=O)c1cc(N)nn1C. The molecular formula is C10H18N4O. The molecule has 84 valence electrons. The van der Waals surface area contributed by atoms with Gasteiger partial charge in [-0.2, -0.15) is 5.10 Å². The molecule has 1 heterocycles. The lowest BCUT2D eigenvalue weighted by Crippen LogP contribution is -2.29. The Balaban J connectivity index is 2.71. The molecule has 0 saturated heterocycles. The van der Waals surface area contributed by atoms with Gasteiger partial charge in [0.15, 0.2) is 0 Å². The van der Waals surface area contributed by atoms with E-state index in [9.17, 15) is 4.79 Å². The van der Waals surface area contributed by atoms with Crippen LogP contribution in [0.25, 0.3) is 0 Å². The summed E-state index contributed by atoms with van der Waals surface area (Å²) in [5, 5.41) is 3.94. The zero-order valence-electron chi connectivity index (χ0n) is 9.53. The molecule has 0 bridgehead atoms. The Hall–Kier alpha value is -1.52. The molecule has 1 rings (SSSR count). The largest absolute Gasteiger partial charge is 0.382 e. The van der Waals surface area contributed by atoms with Gasteiger partial charge in [-0.15, -0.1) is 0 Å². The van der Waals surface area contributed by atoms with E-state index >= 15 is 0 Å². The van der Waals surface area contributed by atoms with E-state index in [4.69, 9.17) is 5.73 Å². The van der Waals surface area contributed by atoms with E-state index in [1.165, 1.54) is 4.68 Å². The van der Waals surface area contributed by atoms with Crippen LogP contribution in [0, 0.1) is 0 Å². The molecule has 0 saturated carbocycles. The van der Waals surface area contributed by atoms with Crippen LogP contribution in [0.3, 0.4) is 0 Å². The highest BCUT2D eigenvalue weighted by Crippen LogP contribution is 2.07. The number of aromatic nitrogens is 2. The molecule has 0 fully saturated rings. The van der Waals surface area contributed by atoms with E-state index in [1.807, 2.05) is 0 Å². The normalized spacial score (nSPS) is 10.3. The number of nitrogens with zero attached hydrogens (tertiary/aromatic N) is 3. The quantitative estimate of drug-likeness (QED) is 0.802. The molecular weight excluding hydrogens is 192 g/mol. The minimum absolute atomic E-state index is 0.0323. The Morgan fingerprint density at radius 3 is 2.80 bits per heavy atom. The lowest BCUT2D eigenvalue weighted by Gasteiger charge is -2.16. The number of rotatable bonds is 4. The number of nitrogen functional groups attached to an aromatic ring is 1. The molecule has 15 heavy (non-hydrogen) atoms. The zero-order chi connectivity index (χ0) is 11.4. The van der Waals surface area contributed by atoms with Gasteiger partial charge in [-0.3, -0.25) is 9.48 Å². The Morgan fingerprint density at radius 2 is 2.33 bits per heavy atom. The van der Waals surface area contributed by atoms with Gasteiger partial charge in [0.25, 0.3) is 5.91 Å². The first-order valence-electron chi connectivity index (χ1n) is 5.11. The van der Waals surface area contributed by atoms with Crippen molar-refractivity contribution >= 4 is 11.7 Å². The van der Waals surface area contributed by atoms with Crippen LogP contribution in [0.4, 0.5) is 5.82 Å². The average molecular weight is 210 g/mol. The monoisotopic (exact) mass is 210 g/mol. The number of hydrogen-bond acceptors (Lipinski definition) is 3. The molecule has 2 N–H and O–H groups in total. The van der Waals surface area contributed by atoms with Crippen LogP contribution in [-0.2, 0) is 7.05 Å². The second-order valence-corrected chi connectivity index (χ2v) is 3.66. The van der Waals surface area contributed by atoms with Gasteiger partial charge in [0, 0.05) is 26.7 Å². The van der Waals surface area contributed by atoms with Crippen LogP contribution < -0.4 is 5.73 Å². The summed E-state index contributed by atoms with van der Waals surface area (Å²) in [4.78, 5) is 13.6. The van der Waals surface area contributed by atoms with E-state index < -0.39 is 0 Å². The van der Waals surface area contributed by atoms with E-state index in [0.29, 0.717) is 11.5 Å². The third-order valence-corrected chi connectivity index (χ3v) is 2.31. The summed E-state index contributed by atoms with van der Waals surface area (Å²) in [6, 6.07) is 1.60. The second-order valence-electron chi connectivity index (χ2n) is 3.66. The van der Waals surface area contributed by atoms with E-state index in [1.54, 1.807) is 25.1 Å². The van der Waals surface area contributed by atoms with Gasteiger partial charge in [-0.05, 0) is 6.42 Å². The summed E-state index contributed by atoms with van der Waals surface area (Å²) >= 11 is 0. The topological polar surface area (TPSA) is 64.2 Å². The zero-order valence-corrected chi connectivity index (χ0v) is 9.53. The lowest BCUT2D eigenvalue weighted by atomic mass is 10.3. The van der Waals surface area contributed by atoms with Crippen LogP contribution in [0.1, 0.15) is 30.3 Å². The minimum atomic E-state index is -0.0323. The van der Waals surface area contributed by atoms with E-state index in [2.05, 4.69) is 12.0 Å². The van der Waals surface area contributed by atoms with Gasteiger partial charge in [0.2, 0.25) is 0 Å². The molecule has 0 aliphatic heterocycles. The maximum Gasteiger partial charge on any atom is 0.271 e. The van der Waals surface area contributed by atoms with Crippen molar-refractivity contribution in [3.8, 4) is 0 Å². The van der Waals surface area contributed by atoms with Crippen molar-refractivity contribution in [3.63, 3.8) is 0 Å². The Labute approximate surface area is 89.9 Å². The molecule has 5 heteroatoms. The summed E-state index contributed by atoms with van der Waals surface area (Å²) in [5.41, 5.74) is 6.05. The number of aryl methyl sites for hydroxylation is 1. The molecule has 0 unspecified atom stereocenters. The molecule has 0 aliphatic rings. The predicted octanol–water partition coefficient (Wildman–Crippen LogP) is 0.874. The first kappa shape index (κ1) is 11.6. The number of hydrogen-bond donors (Lipinski definition) is 1. The third kappa shape index (κ3) is 2.71. The molecule has 1 aromatic rings. The van der Waals surface area contributed by atoms with Gasteiger partial charge in [0.1, 0.15) is 11.5 Å². The molecule has 0 aliphatic carbocycles. The van der Waals surface area contributed by atoms with Gasteiger partial charge in [-0.25, -0.2) is 0 Å². The van der Waals surface area contributed by atoms with Crippen molar-refractivity contribution in [1.29, 1.82) is 0 Å². The number of anilines is 1.